The number of carbonyl (C=O) groups is 2. The zero-order valence-corrected chi connectivity index (χ0v) is 26.3. The first kappa shape index (κ1) is 31.9. The highest BCUT2D eigenvalue weighted by atomic mass is 35.5. The van der Waals surface area contributed by atoms with Gasteiger partial charge in [0.25, 0.3) is 10.0 Å². The fourth-order valence-corrected chi connectivity index (χ4v) is 7.22. The second-order valence-electron chi connectivity index (χ2n) is 10.7. The average Bonchev–Trinajstić information content (AvgIpc) is 3.52. The Morgan fingerprint density at radius 2 is 1.61 bits per heavy atom. The van der Waals surface area contributed by atoms with E-state index < -0.39 is 34.3 Å². The number of amides is 2. The van der Waals surface area contributed by atoms with Crippen molar-refractivity contribution in [1.29, 1.82) is 0 Å². The van der Waals surface area contributed by atoms with Crippen LogP contribution in [0.2, 0.25) is 10.0 Å². The van der Waals surface area contributed by atoms with Crippen molar-refractivity contribution in [3.8, 4) is 11.5 Å². The van der Waals surface area contributed by atoms with E-state index in [4.69, 9.17) is 32.7 Å². The summed E-state index contributed by atoms with van der Waals surface area (Å²) in [6, 6.07) is 12.8. The standard InChI is InChI=1S/C31H32Cl2FN3O6S/c1-20(31(39)35-22-5-2-3-6-22)36(18-25-26(32)7-4-8-27(25)33)30(38)19-37(23-11-9-21(34)10-12-23)44(40,41)24-13-14-28-29(17-24)43-16-15-42-28/h4,7-14,17,20,22H,2-3,5-6,15-16,18-19H2,1H3,(H,35,39)/t20-/m1/s1. The Hall–Kier alpha value is -3.54. The van der Waals surface area contributed by atoms with Crippen LogP contribution >= 0.6 is 23.2 Å². The van der Waals surface area contributed by atoms with Crippen molar-refractivity contribution in [2.24, 2.45) is 0 Å². The molecule has 3 aromatic rings. The maximum Gasteiger partial charge on any atom is 0.264 e. The van der Waals surface area contributed by atoms with Crippen LogP contribution in [0.25, 0.3) is 0 Å². The van der Waals surface area contributed by atoms with Crippen LogP contribution in [0.15, 0.2) is 65.6 Å². The van der Waals surface area contributed by atoms with E-state index in [9.17, 15) is 22.4 Å². The van der Waals surface area contributed by atoms with E-state index in [1.165, 1.54) is 35.2 Å². The third-order valence-corrected chi connectivity index (χ3v) is 10.2. The summed E-state index contributed by atoms with van der Waals surface area (Å²) >= 11 is 12.9. The zero-order valence-electron chi connectivity index (χ0n) is 24.0. The van der Waals surface area contributed by atoms with Crippen LogP contribution in [0.4, 0.5) is 10.1 Å². The molecular weight excluding hydrogens is 632 g/mol. The van der Waals surface area contributed by atoms with Crippen molar-refractivity contribution in [2.75, 3.05) is 24.1 Å². The van der Waals surface area contributed by atoms with Crippen LogP contribution in [-0.2, 0) is 26.2 Å². The molecule has 234 valence electrons. The summed E-state index contributed by atoms with van der Waals surface area (Å²) in [6.45, 7) is 1.29. The van der Waals surface area contributed by atoms with Gasteiger partial charge in [-0.25, -0.2) is 12.8 Å². The molecule has 0 spiro atoms. The SMILES string of the molecule is C[C@H](C(=O)NC1CCCC1)N(Cc1c(Cl)cccc1Cl)C(=O)CN(c1ccc(F)cc1)S(=O)(=O)c1ccc2c(c1)OCCO2. The van der Waals surface area contributed by atoms with Crippen LogP contribution in [0.5, 0.6) is 11.5 Å². The molecule has 9 nitrogen and oxygen atoms in total. The Labute approximate surface area is 265 Å². The number of nitrogens with one attached hydrogen (secondary N) is 1. The van der Waals surface area contributed by atoms with Gasteiger partial charge in [0.2, 0.25) is 11.8 Å². The number of hydrogen-bond donors (Lipinski definition) is 1. The summed E-state index contributed by atoms with van der Waals surface area (Å²) in [7, 11) is -4.41. The number of rotatable bonds is 10. The predicted octanol–water partition coefficient (Wildman–Crippen LogP) is 5.58. The third-order valence-electron chi connectivity index (χ3n) is 7.75. The number of benzene rings is 3. The Balaban J connectivity index is 1.50. The van der Waals surface area contributed by atoms with E-state index >= 15 is 0 Å². The molecule has 1 N–H and O–H groups in total. The number of hydrogen-bond acceptors (Lipinski definition) is 6. The predicted molar refractivity (Wildman–Crippen MR) is 165 cm³/mol. The normalized spacial score (nSPS) is 15.5. The first-order valence-electron chi connectivity index (χ1n) is 14.3. The van der Waals surface area contributed by atoms with Gasteiger partial charge in [0.05, 0.1) is 10.6 Å². The third kappa shape index (κ3) is 7.06. The molecule has 1 aliphatic carbocycles. The van der Waals surface area contributed by atoms with E-state index in [1.807, 2.05) is 0 Å². The van der Waals surface area contributed by atoms with Crippen LogP contribution in [-0.4, -0.2) is 57.0 Å². The number of halogens is 3. The van der Waals surface area contributed by atoms with Gasteiger partial charge in [-0.15, -0.1) is 0 Å². The van der Waals surface area contributed by atoms with E-state index in [2.05, 4.69) is 5.32 Å². The molecule has 0 radical (unpaired) electrons. The Morgan fingerprint density at radius 1 is 0.977 bits per heavy atom. The minimum atomic E-state index is -4.41. The summed E-state index contributed by atoms with van der Waals surface area (Å²) in [5.74, 6) is -1.01. The van der Waals surface area contributed by atoms with Gasteiger partial charge in [0, 0.05) is 34.3 Å². The van der Waals surface area contributed by atoms with Gasteiger partial charge in [-0.1, -0.05) is 42.1 Å². The van der Waals surface area contributed by atoms with Crippen molar-refractivity contribution < 1.29 is 31.9 Å². The molecule has 0 saturated heterocycles. The minimum absolute atomic E-state index is 0.00268. The lowest BCUT2D eigenvalue weighted by Crippen LogP contribution is -2.52. The molecule has 2 aliphatic rings. The van der Waals surface area contributed by atoms with E-state index in [0.717, 1.165) is 42.1 Å². The fourth-order valence-electron chi connectivity index (χ4n) is 5.28. The highest BCUT2D eigenvalue weighted by molar-refractivity contribution is 7.92. The molecule has 0 unspecified atom stereocenters. The number of sulfonamides is 1. The van der Waals surface area contributed by atoms with Crippen molar-refractivity contribution in [2.45, 2.75) is 56.1 Å². The Morgan fingerprint density at radius 3 is 2.27 bits per heavy atom. The van der Waals surface area contributed by atoms with Gasteiger partial charge >= 0.3 is 0 Å². The number of carbonyl (C=O) groups excluding carboxylic acids is 2. The lowest BCUT2D eigenvalue weighted by atomic mass is 10.1. The summed E-state index contributed by atoms with van der Waals surface area (Å²) in [5.41, 5.74) is 0.459. The van der Waals surface area contributed by atoms with Gasteiger partial charge < -0.3 is 19.7 Å². The van der Waals surface area contributed by atoms with Crippen LogP contribution in [0, 0.1) is 5.82 Å². The molecule has 3 aromatic carbocycles. The zero-order chi connectivity index (χ0) is 31.4. The van der Waals surface area contributed by atoms with E-state index in [1.54, 1.807) is 25.1 Å². The molecule has 0 bridgehead atoms. The van der Waals surface area contributed by atoms with Crippen LogP contribution in [0.1, 0.15) is 38.2 Å². The quantitative estimate of drug-likeness (QED) is 0.304. The second kappa shape index (κ2) is 13.6. The van der Waals surface area contributed by atoms with Crippen molar-refractivity contribution >= 4 is 50.7 Å². The van der Waals surface area contributed by atoms with Gasteiger partial charge in [0.1, 0.15) is 31.6 Å². The van der Waals surface area contributed by atoms with Crippen LogP contribution < -0.4 is 19.1 Å². The van der Waals surface area contributed by atoms with Crippen LogP contribution in [0.3, 0.4) is 0 Å². The second-order valence-corrected chi connectivity index (χ2v) is 13.4. The Bertz CT molecular complexity index is 1610. The van der Waals surface area contributed by atoms with E-state index in [-0.39, 0.29) is 51.5 Å². The monoisotopic (exact) mass is 663 g/mol. The first-order valence-corrected chi connectivity index (χ1v) is 16.4. The molecule has 2 amide bonds. The van der Waals surface area contributed by atoms with Crippen molar-refractivity contribution in [1.82, 2.24) is 10.2 Å². The maximum atomic E-state index is 14.1. The smallest absolute Gasteiger partial charge is 0.264 e. The topological polar surface area (TPSA) is 105 Å². The lowest BCUT2D eigenvalue weighted by molar-refractivity contribution is -0.139. The van der Waals surface area contributed by atoms with E-state index in [0.29, 0.717) is 17.9 Å². The minimum Gasteiger partial charge on any atom is -0.486 e. The molecule has 1 fully saturated rings. The molecule has 1 aliphatic heterocycles. The molecular formula is C31H32Cl2FN3O6S. The number of fused-ring (bicyclic) bond motifs is 1. The largest absolute Gasteiger partial charge is 0.486 e. The van der Waals surface area contributed by atoms with Gasteiger partial charge in [-0.3, -0.25) is 13.9 Å². The number of nitrogens with zero attached hydrogens (tertiary/aromatic N) is 2. The molecule has 0 aromatic heterocycles. The molecule has 1 saturated carbocycles. The van der Waals surface area contributed by atoms with Gasteiger partial charge in [-0.05, 0) is 68.3 Å². The summed E-state index contributed by atoms with van der Waals surface area (Å²) < 4.78 is 54.1. The number of anilines is 1. The molecule has 13 heteroatoms. The van der Waals surface area contributed by atoms with Gasteiger partial charge in [0.15, 0.2) is 11.5 Å². The van der Waals surface area contributed by atoms with Crippen molar-refractivity contribution in [3.63, 3.8) is 0 Å². The first-order chi connectivity index (χ1) is 21.0. The highest BCUT2D eigenvalue weighted by Crippen LogP contribution is 2.35. The highest BCUT2D eigenvalue weighted by Gasteiger charge is 2.34. The summed E-state index contributed by atoms with van der Waals surface area (Å²) in [5, 5.41) is 3.59. The lowest BCUT2D eigenvalue weighted by Gasteiger charge is -2.33. The van der Waals surface area contributed by atoms with Crippen molar-refractivity contribution in [3.05, 3.63) is 82.1 Å². The average molecular weight is 665 g/mol. The molecule has 1 heterocycles. The summed E-state index contributed by atoms with van der Waals surface area (Å²) in [4.78, 5) is 28.6. The molecule has 5 rings (SSSR count). The maximum absolute atomic E-state index is 14.1. The number of ether oxygens (including phenoxy) is 2. The summed E-state index contributed by atoms with van der Waals surface area (Å²) in [6.07, 6.45) is 3.69. The molecule has 44 heavy (non-hydrogen) atoms. The fraction of sp³-hybridized carbons (Fsp3) is 0.355. The van der Waals surface area contributed by atoms with Gasteiger partial charge in [-0.2, -0.15) is 0 Å². The molecule has 1 atom stereocenters. The Kier molecular flexibility index (Phi) is 9.87.